The molecule has 1 aromatic rings. The average molecular weight is 271 g/mol. The maximum Gasteiger partial charge on any atom is 0.0476 e. The molecule has 1 rings (SSSR count). The summed E-state index contributed by atoms with van der Waals surface area (Å²) in [6.45, 7) is 5.82. The molecule has 0 aromatic heterocycles. The highest BCUT2D eigenvalue weighted by molar-refractivity contribution is 9.09. The quantitative estimate of drug-likeness (QED) is 0.566. The molecule has 1 nitrogen and oxygen atoms in total. The van der Waals surface area contributed by atoms with E-state index in [2.05, 4.69) is 47.1 Å². The predicted octanol–water partition coefficient (Wildman–Crippen LogP) is 3.73. The predicted molar refractivity (Wildman–Crippen MR) is 68.7 cm³/mol. The van der Waals surface area contributed by atoms with E-state index < -0.39 is 0 Å². The van der Waals surface area contributed by atoms with Gasteiger partial charge >= 0.3 is 0 Å². The van der Waals surface area contributed by atoms with E-state index in [1.165, 1.54) is 11.1 Å². The van der Waals surface area contributed by atoms with Crippen LogP contribution in [0.3, 0.4) is 0 Å². The van der Waals surface area contributed by atoms with Gasteiger partial charge in [-0.05, 0) is 32.3 Å². The van der Waals surface area contributed by atoms with Gasteiger partial charge in [0.2, 0.25) is 0 Å². The van der Waals surface area contributed by atoms with Crippen molar-refractivity contribution in [2.75, 3.05) is 13.2 Å². The van der Waals surface area contributed by atoms with Gasteiger partial charge in [0.25, 0.3) is 0 Å². The summed E-state index contributed by atoms with van der Waals surface area (Å²) in [6.07, 6.45) is 2.15. The molecular formula is C13H19BrO. The summed E-state index contributed by atoms with van der Waals surface area (Å²) in [4.78, 5) is 0.519. The zero-order valence-corrected chi connectivity index (χ0v) is 11.1. The van der Waals surface area contributed by atoms with Crippen LogP contribution in [0.2, 0.25) is 0 Å². The Bertz CT molecular complexity index is 286. The number of hydrogen-bond acceptors (Lipinski definition) is 1. The first-order valence-corrected chi connectivity index (χ1v) is 6.41. The Morgan fingerprint density at radius 1 is 1.40 bits per heavy atom. The van der Waals surface area contributed by atoms with Crippen molar-refractivity contribution in [1.29, 1.82) is 0 Å². The van der Waals surface area contributed by atoms with Gasteiger partial charge in [0.15, 0.2) is 0 Å². The SMILES string of the molecule is CCOCCC(Br)Cc1cccc(C)c1. The van der Waals surface area contributed by atoms with Crippen molar-refractivity contribution in [3.8, 4) is 0 Å². The molecule has 0 heterocycles. The van der Waals surface area contributed by atoms with Crippen LogP contribution in [0.15, 0.2) is 24.3 Å². The molecule has 2 heteroatoms. The van der Waals surface area contributed by atoms with Crippen LogP contribution in [0.4, 0.5) is 0 Å². The Morgan fingerprint density at radius 2 is 2.20 bits per heavy atom. The zero-order valence-electron chi connectivity index (χ0n) is 9.50. The summed E-state index contributed by atoms with van der Waals surface area (Å²) in [5.74, 6) is 0. The van der Waals surface area contributed by atoms with E-state index in [0.29, 0.717) is 4.83 Å². The van der Waals surface area contributed by atoms with Gasteiger partial charge in [-0.25, -0.2) is 0 Å². The monoisotopic (exact) mass is 270 g/mol. The molecule has 0 aliphatic carbocycles. The Labute approximate surface area is 101 Å². The fourth-order valence-electron chi connectivity index (χ4n) is 1.55. The molecule has 84 valence electrons. The van der Waals surface area contributed by atoms with E-state index in [-0.39, 0.29) is 0 Å². The number of alkyl halides is 1. The Balaban J connectivity index is 2.34. The number of ether oxygens (including phenoxy) is 1. The third kappa shape index (κ3) is 5.33. The summed E-state index contributed by atoms with van der Waals surface area (Å²) in [5, 5.41) is 0. The Hall–Kier alpha value is -0.340. The van der Waals surface area contributed by atoms with Crippen LogP contribution in [0.1, 0.15) is 24.5 Å². The van der Waals surface area contributed by atoms with Crippen LogP contribution in [0.5, 0.6) is 0 Å². The van der Waals surface area contributed by atoms with Crippen molar-refractivity contribution in [2.45, 2.75) is 31.5 Å². The molecule has 0 fully saturated rings. The smallest absolute Gasteiger partial charge is 0.0476 e. The van der Waals surface area contributed by atoms with Crippen molar-refractivity contribution in [1.82, 2.24) is 0 Å². The number of aryl methyl sites for hydroxylation is 1. The number of halogens is 1. The minimum Gasteiger partial charge on any atom is -0.382 e. The number of hydrogen-bond donors (Lipinski definition) is 0. The molecule has 0 aliphatic heterocycles. The van der Waals surface area contributed by atoms with E-state index in [1.807, 2.05) is 6.92 Å². The molecule has 0 saturated heterocycles. The summed E-state index contributed by atoms with van der Waals surface area (Å²) >= 11 is 3.69. The second-order valence-electron chi connectivity index (χ2n) is 3.78. The van der Waals surface area contributed by atoms with Gasteiger partial charge in [0, 0.05) is 18.0 Å². The molecule has 1 unspecified atom stereocenters. The van der Waals surface area contributed by atoms with E-state index in [9.17, 15) is 0 Å². The minimum absolute atomic E-state index is 0.519. The Morgan fingerprint density at radius 3 is 2.87 bits per heavy atom. The topological polar surface area (TPSA) is 9.23 Å². The van der Waals surface area contributed by atoms with Crippen molar-refractivity contribution in [3.05, 3.63) is 35.4 Å². The summed E-state index contributed by atoms with van der Waals surface area (Å²) < 4.78 is 5.34. The van der Waals surface area contributed by atoms with Crippen LogP contribution < -0.4 is 0 Å². The van der Waals surface area contributed by atoms with Gasteiger partial charge in [-0.2, -0.15) is 0 Å². The lowest BCUT2D eigenvalue weighted by atomic mass is 10.1. The molecule has 0 spiro atoms. The number of rotatable bonds is 6. The lowest BCUT2D eigenvalue weighted by molar-refractivity contribution is 0.145. The standard InChI is InChI=1S/C13H19BrO/c1-3-15-8-7-13(14)10-12-6-4-5-11(2)9-12/h4-6,9,13H,3,7-8,10H2,1-2H3. The van der Waals surface area contributed by atoms with E-state index in [4.69, 9.17) is 4.74 Å². The zero-order chi connectivity index (χ0) is 11.1. The summed E-state index contributed by atoms with van der Waals surface area (Å²) in [7, 11) is 0. The van der Waals surface area contributed by atoms with Crippen LogP contribution in [0.25, 0.3) is 0 Å². The van der Waals surface area contributed by atoms with Crippen LogP contribution >= 0.6 is 15.9 Å². The number of benzene rings is 1. The maximum absolute atomic E-state index is 5.34. The van der Waals surface area contributed by atoms with Gasteiger partial charge in [-0.15, -0.1) is 0 Å². The van der Waals surface area contributed by atoms with Crippen molar-refractivity contribution < 1.29 is 4.74 Å². The molecule has 0 amide bonds. The van der Waals surface area contributed by atoms with E-state index in [1.54, 1.807) is 0 Å². The minimum atomic E-state index is 0.519. The summed E-state index contributed by atoms with van der Waals surface area (Å²) in [6, 6.07) is 8.68. The van der Waals surface area contributed by atoms with Gasteiger partial charge in [-0.1, -0.05) is 45.8 Å². The van der Waals surface area contributed by atoms with Crippen molar-refractivity contribution in [2.24, 2.45) is 0 Å². The fourth-order valence-corrected chi connectivity index (χ4v) is 2.11. The van der Waals surface area contributed by atoms with Crippen molar-refractivity contribution >= 4 is 15.9 Å². The van der Waals surface area contributed by atoms with Gasteiger partial charge < -0.3 is 4.74 Å². The molecule has 0 aliphatic rings. The second kappa shape index (κ2) is 7.02. The van der Waals surface area contributed by atoms with E-state index >= 15 is 0 Å². The van der Waals surface area contributed by atoms with Gasteiger partial charge in [0.1, 0.15) is 0 Å². The molecule has 1 aromatic carbocycles. The van der Waals surface area contributed by atoms with Gasteiger partial charge in [-0.3, -0.25) is 0 Å². The summed E-state index contributed by atoms with van der Waals surface area (Å²) in [5.41, 5.74) is 2.73. The highest BCUT2D eigenvalue weighted by Gasteiger charge is 2.05. The molecule has 1 atom stereocenters. The first-order chi connectivity index (χ1) is 7.22. The van der Waals surface area contributed by atoms with Crippen LogP contribution in [-0.4, -0.2) is 18.0 Å². The molecule has 0 bridgehead atoms. The normalized spacial score (nSPS) is 12.7. The van der Waals surface area contributed by atoms with E-state index in [0.717, 1.165) is 26.1 Å². The third-order valence-corrected chi connectivity index (χ3v) is 3.10. The largest absolute Gasteiger partial charge is 0.382 e. The molecular weight excluding hydrogens is 252 g/mol. The molecule has 0 N–H and O–H groups in total. The third-order valence-electron chi connectivity index (χ3n) is 2.32. The fraction of sp³-hybridized carbons (Fsp3) is 0.538. The average Bonchev–Trinajstić information content (AvgIpc) is 2.18. The first-order valence-electron chi connectivity index (χ1n) is 5.49. The maximum atomic E-state index is 5.34. The van der Waals surface area contributed by atoms with Crippen LogP contribution in [-0.2, 0) is 11.2 Å². The van der Waals surface area contributed by atoms with Crippen molar-refractivity contribution in [3.63, 3.8) is 0 Å². The molecule has 0 radical (unpaired) electrons. The lowest BCUT2D eigenvalue weighted by Crippen LogP contribution is -2.07. The molecule has 0 saturated carbocycles. The highest BCUT2D eigenvalue weighted by Crippen LogP contribution is 2.14. The Kier molecular flexibility index (Phi) is 5.96. The first kappa shape index (κ1) is 12.7. The second-order valence-corrected chi connectivity index (χ2v) is 5.07. The van der Waals surface area contributed by atoms with Gasteiger partial charge in [0.05, 0.1) is 0 Å². The van der Waals surface area contributed by atoms with Crippen LogP contribution in [0, 0.1) is 6.92 Å². The highest BCUT2D eigenvalue weighted by atomic mass is 79.9. The lowest BCUT2D eigenvalue weighted by Gasteiger charge is -2.10. The molecule has 15 heavy (non-hydrogen) atoms.